The predicted octanol–water partition coefficient (Wildman–Crippen LogP) is 3.04. The number of amides is 1. The van der Waals surface area contributed by atoms with Crippen LogP contribution in [0.4, 0.5) is 5.69 Å². The summed E-state index contributed by atoms with van der Waals surface area (Å²) in [5, 5.41) is 6.35. The summed E-state index contributed by atoms with van der Waals surface area (Å²) in [7, 11) is 0. The van der Waals surface area contributed by atoms with Crippen LogP contribution in [0.2, 0.25) is 0 Å². The number of anilines is 1. The molecule has 0 aliphatic carbocycles. The summed E-state index contributed by atoms with van der Waals surface area (Å²) < 4.78 is 5.39. The van der Waals surface area contributed by atoms with E-state index in [-0.39, 0.29) is 18.3 Å². The Morgan fingerprint density at radius 3 is 2.74 bits per heavy atom. The van der Waals surface area contributed by atoms with E-state index < -0.39 is 0 Å². The van der Waals surface area contributed by atoms with Gasteiger partial charge in [0.2, 0.25) is 0 Å². The van der Waals surface area contributed by atoms with Crippen molar-refractivity contribution < 1.29 is 9.53 Å². The molecule has 5 heteroatoms. The Labute approximate surface area is 141 Å². The monoisotopic (exact) mass is 330 g/mol. The molecular formula is C18H19ClN2O2. The third kappa shape index (κ3) is 3.24. The Balaban J connectivity index is 0.00000156. The van der Waals surface area contributed by atoms with E-state index in [2.05, 4.69) is 22.8 Å². The lowest BCUT2D eigenvalue weighted by atomic mass is 10.0. The van der Waals surface area contributed by atoms with Crippen LogP contribution in [0.5, 0.6) is 0 Å². The predicted molar refractivity (Wildman–Crippen MR) is 92.0 cm³/mol. The van der Waals surface area contributed by atoms with E-state index in [0.717, 1.165) is 30.8 Å². The van der Waals surface area contributed by atoms with Gasteiger partial charge < -0.3 is 15.4 Å². The van der Waals surface area contributed by atoms with Gasteiger partial charge in [-0.3, -0.25) is 4.79 Å². The van der Waals surface area contributed by atoms with Crippen LogP contribution in [-0.4, -0.2) is 12.5 Å². The zero-order valence-electron chi connectivity index (χ0n) is 12.7. The quantitative estimate of drug-likeness (QED) is 0.890. The Morgan fingerprint density at radius 1 is 1.00 bits per heavy atom. The molecule has 4 nitrogen and oxygen atoms in total. The SMILES string of the molecule is Cl.O=C(Nc1ccc2c(c1)CNCC2)c1ccc2c(c1)COC2. The van der Waals surface area contributed by atoms with E-state index in [1.54, 1.807) is 0 Å². The van der Waals surface area contributed by atoms with Gasteiger partial charge in [0.15, 0.2) is 0 Å². The molecule has 0 radical (unpaired) electrons. The molecule has 0 saturated carbocycles. The molecule has 23 heavy (non-hydrogen) atoms. The Bertz CT molecular complexity index is 746. The molecule has 120 valence electrons. The third-order valence-corrected chi connectivity index (χ3v) is 4.33. The van der Waals surface area contributed by atoms with Gasteiger partial charge in [-0.25, -0.2) is 0 Å². The second kappa shape index (κ2) is 6.71. The minimum atomic E-state index is -0.0709. The van der Waals surface area contributed by atoms with Gasteiger partial charge in [-0.1, -0.05) is 12.1 Å². The first kappa shape index (κ1) is 16.0. The highest BCUT2D eigenvalue weighted by Gasteiger charge is 2.15. The molecule has 1 amide bonds. The molecule has 0 spiro atoms. The fourth-order valence-corrected chi connectivity index (χ4v) is 3.07. The Kier molecular flexibility index (Phi) is 4.66. The lowest BCUT2D eigenvalue weighted by Gasteiger charge is -2.18. The van der Waals surface area contributed by atoms with Crippen LogP contribution in [0.3, 0.4) is 0 Å². The van der Waals surface area contributed by atoms with Gasteiger partial charge >= 0.3 is 0 Å². The maximum Gasteiger partial charge on any atom is 0.255 e. The molecule has 4 rings (SSSR count). The first-order chi connectivity index (χ1) is 10.8. The van der Waals surface area contributed by atoms with Crippen LogP contribution < -0.4 is 10.6 Å². The zero-order valence-corrected chi connectivity index (χ0v) is 13.5. The number of hydrogen-bond acceptors (Lipinski definition) is 3. The van der Waals surface area contributed by atoms with Crippen LogP contribution in [0, 0.1) is 0 Å². The number of carbonyl (C=O) groups excluding carboxylic acids is 1. The first-order valence-electron chi connectivity index (χ1n) is 7.63. The summed E-state index contributed by atoms with van der Waals surface area (Å²) in [6, 6.07) is 11.9. The molecule has 2 aromatic rings. The van der Waals surface area contributed by atoms with Gasteiger partial charge in [0, 0.05) is 17.8 Å². The second-order valence-corrected chi connectivity index (χ2v) is 5.84. The standard InChI is InChI=1S/C18H18N2O2.ClH/c21-18(13-1-2-14-10-22-11-16(14)7-13)20-17-4-3-12-5-6-19-9-15(12)8-17;/h1-4,7-8,19H,5-6,9-11H2,(H,20,21);1H. The van der Waals surface area contributed by atoms with Crippen LogP contribution in [-0.2, 0) is 30.9 Å². The molecule has 2 aliphatic heterocycles. The molecule has 0 aromatic heterocycles. The lowest BCUT2D eigenvalue weighted by molar-refractivity contribution is 0.102. The van der Waals surface area contributed by atoms with Crippen LogP contribution in [0.25, 0.3) is 0 Å². The van der Waals surface area contributed by atoms with Crippen molar-refractivity contribution in [3.8, 4) is 0 Å². The van der Waals surface area contributed by atoms with E-state index in [1.165, 1.54) is 16.7 Å². The average Bonchev–Trinajstić information content (AvgIpc) is 3.02. The van der Waals surface area contributed by atoms with Gasteiger partial charge in [0.25, 0.3) is 5.91 Å². The minimum absolute atomic E-state index is 0. The largest absolute Gasteiger partial charge is 0.372 e. The molecule has 0 atom stereocenters. The van der Waals surface area contributed by atoms with E-state index in [9.17, 15) is 4.79 Å². The molecule has 0 bridgehead atoms. The van der Waals surface area contributed by atoms with Gasteiger partial charge in [0.1, 0.15) is 0 Å². The van der Waals surface area contributed by atoms with Gasteiger partial charge in [-0.05, 0) is 59.5 Å². The molecular weight excluding hydrogens is 312 g/mol. The third-order valence-electron chi connectivity index (χ3n) is 4.33. The van der Waals surface area contributed by atoms with Crippen molar-refractivity contribution in [3.63, 3.8) is 0 Å². The van der Waals surface area contributed by atoms with Crippen molar-refractivity contribution in [2.24, 2.45) is 0 Å². The molecule has 2 N–H and O–H groups in total. The smallest absolute Gasteiger partial charge is 0.255 e. The number of halogens is 1. The number of benzene rings is 2. The van der Waals surface area contributed by atoms with Gasteiger partial charge in [0.05, 0.1) is 13.2 Å². The highest BCUT2D eigenvalue weighted by molar-refractivity contribution is 6.04. The van der Waals surface area contributed by atoms with E-state index in [1.807, 2.05) is 24.3 Å². The summed E-state index contributed by atoms with van der Waals surface area (Å²) in [5.41, 5.74) is 6.46. The van der Waals surface area contributed by atoms with E-state index in [0.29, 0.717) is 18.8 Å². The Morgan fingerprint density at radius 2 is 1.83 bits per heavy atom. The number of ether oxygens (including phenoxy) is 1. The molecule has 0 fully saturated rings. The topological polar surface area (TPSA) is 50.4 Å². The maximum absolute atomic E-state index is 12.4. The summed E-state index contributed by atoms with van der Waals surface area (Å²) in [5.74, 6) is -0.0709. The Hall–Kier alpha value is -1.88. The zero-order chi connectivity index (χ0) is 14.9. The van der Waals surface area contributed by atoms with E-state index >= 15 is 0 Å². The first-order valence-corrected chi connectivity index (χ1v) is 7.63. The van der Waals surface area contributed by atoms with Crippen LogP contribution in [0.15, 0.2) is 36.4 Å². The van der Waals surface area contributed by atoms with Crippen molar-refractivity contribution >= 4 is 24.0 Å². The highest BCUT2D eigenvalue weighted by Crippen LogP contribution is 2.22. The fraction of sp³-hybridized carbons (Fsp3) is 0.278. The molecule has 2 aromatic carbocycles. The van der Waals surface area contributed by atoms with Crippen LogP contribution >= 0.6 is 12.4 Å². The van der Waals surface area contributed by atoms with Crippen molar-refractivity contribution in [2.45, 2.75) is 26.2 Å². The molecule has 2 aliphatic rings. The summed E-state index contributed by atoms with van der Waals surface area (Å²) >= 11 is 0. The van der Waals surface area contributed by atoms with Crippen LogP contribution in [0.1, 0.15) is 32.6 Å². The highest BCUT2D eigenvalue weighted by atomic mass is 35.5. The maximum atomic E-state index is 12.4. The number of carbonyl (C=O) groups is 1. The number of hydrogen-bond donors (Lipinski definition) is 2. The van der Waals surface area contributed by atoms with Crippen molar-refractivity contribution in [1.82, 2.24) is 5.32 Å². The molecule has 2 heterocycles. The molecule has 0 unspecified atom stereocenters. The van der Waals surface area contributed by atoms with Crippen molar-refractivity contribution in [3.05, 3.63) is 64.2 Å². The normalized spacial score (nSPS) is 15.3. The second-order valence-electron chi connectivity index (χ2n) is 5.84. The van der Waals surface area contributed by atoms with E-state index in [4.69, 9.17) is 4.74 Å². The van der Waals surface area contributed by atoms with Crippen molar-refractivity contribution in [2.75, 3.05) is 11.9 Å². The number of fused-ring (bicyclic) bond motifs is 2. The minimum Gasteiger partial charge on any atom is -0.372 e. The average molecular weight is 331 g/mol. The van der Waals surface area contributed by atoms with Gasteiger partial charge in [-0.15, -0.1) is 12.4 Å². The fourth-order valence-electron chi connectivity index (χ4n) is 3.07. The summed E-state index contributed by atoms with van der Waals surface area (Å²) in [6.45, 7) is 3.14. The summed E-state index contributed by atoms with van der Waals surface area (Å²) in [4.78, 5) is 12.4. The number of rotatable bonds is 2. The summed E-state index contributed by atoms with van der Waals surface area (Å²) in [6.07, 6.45) is 1.05. The lowest BCUT2D eigenvalue weighted by Crippen LogP contribution is -2.23. The molecule has 0 saturated heterocycles. The van der Waals surface area contributed by atoms with Gasteiger partial charge in [-0.2, -0.15) is 0 Å². The van der Waals surface area contributed by atoms with Crippen molar-refractivity contribution in [1.29, 1.82) is 0 Å². The number of nitrogens with one attached hydrogen (secondary N) is 2.